The van der Waals surface area contributed by atoms with E-state index in [2.05, 4.69) is 20.3 Å². The van der Waals surface area contributed by atoms with Gasteiger partial charge in [-0.3, -0.25) is 13.9 Å². The molecule has 0 spiro atoms. The topological polar surface area (TPSA) is 202 Å². The van der Waals surface area contributed by atoms with E-state index in [-0.39, 0.29) is 60.1 Å². The van der Waals surface area contributed by atoms with E-state index in [4.69, 9.17) is 29.0 Å². The number of aliphatic hydroxyl groups excluding tert-OH is 1. The summed E-state index contributed by atoms with van der Waals surface area (Å²) >= 11 is 0. The van der Waals surface area contributed by atoms with Crippen molar-refractivity contribution in [3.05, 3.63) is 36.7 Å². The zero-order chi connectivity index (χ0) is 33.9. The molecule has 1 aliphatic rings. The number of hydrogen-bond donors (Lipinski definition) is 4. The van der Waals surface area contributed by atoms with Crippen molar-refractivity contribution in [1.29, 1.82) is 0 Å². The molecule has 1 saturated heterocycles. The summed E-state index contributed by atoms with van der Waals surface area (Å²) in [4.78, 5) is 24.7. The molecule has 0 aliphatic carbocycles. The fourth-order valence-electron chi connectivity index (χ4n) is 4.59. The third-order valence-corrected chi connectivity index (χ3v) is 8.78. The Bertz CT molecular complexity index is 1550. The lowest BCUT2D eigenvalue weighted by atomic mass is 9.95. The Morgan fingerprint density at radius 1 is 1.28 bits per heavy atom. The minimum Gasteiger partial charge on any atom is -0.476 e. The fourth-order valence-corrected chi connectivity index (χ4v) is 6.08. The van der Waals surface area contributed by atoms with E-state index in [1.807, 2.05) is 20.8 Å². The number of ether oxygens (including phenoxy) is 3. The maximum Gasteiger partial charge on any atom is 0.380 e. The van der Waals surface area contributed by atoms with E-state index in [0.717, 1.165) is 6.92 Å². The highest BCUT2D eigenvalue weighted by Gasteiger charge is 2.63. The first-order chi connectivity index (χ1) is 21.5. The van der Waals surface area contributed by atoms with Crippen LogP contribution < -0.4 is 20.3 Å². The van der Waals surface area contributed by atoms with Crippen LogP contribution in [0, 0.1) is 5.41 Å². The standard InChI is InChI=1S/C29H42FN6O9P/c1-7-41-22-20-21(34-26(31)35-22)36(17-33-20)25-28(6,39)24(38)29(30,44-25)16-43-46(40,45-19-11-9-8-10-12-19)14-13-32-18(2)23(37)42-15-27(3,4)5/h8-12,17-18,24-25,32,38-39H,7,13-16H2,1-6H3,(H2,31,34,35)/t18-,24-,25+,28+,29+,46?/m0/s1. The first kappa shape index (κ1) is 35.5. The molecule has 46 heavy (non-hydrogen) atoms. The van der Waals surface area contributed by atoms with E-state index in [0.29, 0.717) is 0 Å². The van der Waals surface area contributed by atoms with Gasteiger partial charge in [-0.05, 0) is 38.3 Å². The van der Waals surface area contributed by atoms with Crippen molar-refractivity contribution in [3.63, 3.8) is 0 Å². The van der Waals surface area contributed by atoms with Gasteiger partial charge < -0.3 is 40.0 Å². The molecule has 3 heterocycles. The predicted molar refractivity (Wildman–Crippen MR) is 165 cm³/mol. The van der Waals surface area contributed by atoms with Gasteiger partial charge in [0.05, 0.1) is 25.7 Å². The Morgan fingerprint density at radius 3 is 2.63 bits per heavy atom. The van der Waals surface area contributed by atoms with Gasteiger partial charge in [0.1, 0.15) is 30.1 Å². The van der Waals surface area contributed by atoms with Crippen LogP contribution in [0.3, 0.4) is 0 Å². The minimum atomic E-state index is -4.17. The highest BCUT2D eigenvalue weighted by atomic mass is 31.2. The van der Waals surface area contributed by atoms with Crippen LogP contribution in [-0.4, -0.2) is 91.8 Å². The maximum atomic E-state index is 16.4. The molecule has 5 N–H and O–H groups in total. The molecule has 17 heteroatoms. The first-order valence-electron chi connectivity index (χ1n) is 14.8. The molecular formula is C29H42FN6O9P. The average Bonchev–Trinajstić information content (AvgIpc) is 3.47. The molecule has 6 atom stereocenters. The average molecular weight is 669 g/mol. The van der Waals surface area contributed by atoms with E-state index in [1.165, 1.54) is 23.0 Å². The van der Waals surface area contributed by atoms with Crippen molar-refractivity contribution >= 4 is 30.7 Å². The number of aliphatic hydroxyl groups is 2. The number of para-hydroxylation sites is 1. The molecule has 4 rings (SSSR count). The smallest absolute Gasteiger partial charge is 0.380 e. The third-order valence-electron chi connectivity index (χ3n) is 6.99. The van der Waals surface area contributed by atoms with Gasteiger partial charge in [-0.2, -0.15) is 9.97 Å². The lowest BCUT2D eigenvalue weighted by Crippen LogP contribution is -2.49. The number of rotatable bonds is 14. The highest BCUT2D eigenvalue weighted by molar-refractivity contribution is 7.54. The zero-order valence-corrected chi connectivity index (χ0v) is 27.6. The molecule has 2 aromatic heterocycles. The molecule has 0 saturated carbocycles. The van der Waals surface area contributed by atoms with Crippen molar-refractivity contribution < 1.29 is 47.2 Å². The minimum absolute atomic E-state index is 0.0384. The summed E-state index contributed by atoms with van der Waals surface area (Å²) in [6.07, 6.45) is -2.86. The van der Waals surface area contributed by atoms with Gasteiger partial charge in [-0.25, -0.2) is 13.9 Å². The third kappa shape index (κ3) is 8.11. The van der Waals surface area contributed by atoms with Gasteiger partial charge in [-0.15, -0.1) is 0 Å². The van der Waals surface area contributed by atoms with Crippen molar-refractivity contribution in [1.82, 2.24) is 24.8 Å². The van der Waals surface area contributed by atoms with Crippen LogP contribution in [0.25, 0.3) is 11.2 Å². The van der Waals surface area contributed by atoms with Crippen molar-refractivity contribution in [2.45, 2.75) is 71.4 Å². The van der Waals surface area contributed by atoms with E-state index < -0.39 is 50.0 Å². The highest BCUT2D eigenvalue weighted by Crippen LogP contribution is 2.52. The van der Waals surface area contributed by atoms with Crippen molar-refractivity contribution in [3.8, 4) is 11.6 Å². The molecule has 1 aromatic carbocycles. The number of alkyl halides is 1. The van der Waals surface area contributed by atoms with Crippen LogP contribution in [0.15, 0.2) is 36.7 Å². The molecule has 3 aromatic rings. The second kappa shape index (κ2) is 13.8. The van der Waals surface area contributed by atoms with Crippen LogP contribution in [0.1, 0.15) is 47.8 Å². The summed E-state index contributed by atoms with van der Waals surface area (Å²) in [6, 6.07) is 7.35. The van der Waals surface area contributed by atoms with E-state index in [9.17, 15) is 19.6 Å². The summed E-state index contributed by atoms with van der Waals surface area (Å²) in [5.74, 6) is -3.49. The number of hydrogen-bond acceptors (Lipinski definition) is 14. The lowest BCUT2D eigenvalue weighted by Gasteiger charge is -2.28. The molecule has 0 bridgehead atoms. The molecule has 15 nitrogen and oxygen atoms in total. The summed E-state index contributed by atoms with van der Waals surface area (Å²) < 4.78 is 59.2. The molecule has 1 unspecified atom stereocenters. The predicted octanol–water partition coefficient (Wildman–Crippen LogP) is 2.97. The molecule has 0 amide bonds. The van der Waals surface area contributed by atoms with Crippen LogP contribution in [-0.2, 0) is 23.4 Å². The number of carbonyl (C=O) groups excluding carboxylic acids is 1. The number of anilines is 1. The van der Waals surface area contributed by atoms with Gasteiger partial charge >= 0.3 is 13.6 Å². The maximum absolute atomic E-state index is 16.4. The summed E-state index contributed by atoms with van der Waals surface area (Å²) in [7, 11) is -4.17. The number of nitrogens with one attached hydrogen (secondary N) is 1. The fraction of sp³-hybridized carbons (Fsp3) is 0.586. The molecule has 1 aliphatic heterocycles. The van der Waals surface area contributed by atoms with Gasteiger partial charge in [0.2, 0.25) is 11.8 Å². The summed E-state index contributed by atoms with van der Waals surface area (Å²) in [5.41, 5.74) is 3.57. The number of nitrogens with zero attached hydrogens (tertiary/aromatic N) is 4. The number of carbonyl (C=O) groups is 1. The van der Waals surface area contributed by atoms with Crippen LogP contribution in [0.5, 0.6) is 11.6 Å². The summed E-state index contributed by atoms with van der Waals surface area (Å²) in [5, 5.41) is 25.2. The zero-order valence-electron chi connectivity index (χ0n) is 26.7. The SMILES string of the molecule is CCOc1nc(N)nc2c1ncn2[C@@H]1O[C@](F)(COP(=O)(CCN[C@@H](C)C(=O)OCC(C)(C)C)Oc2ccccc2)[C@@H](O)[C@@]1(C)O. The number of aromatic nitrogens is 4. The van der Waals surface area contributed by atoms with Crippen LogP contribution in [0.4, 0.5) is 10.3 Å². The van der Waals surface area contributed by atoms with Gasteiger partial charge in [0.25, 0.3) is 5.85 Å². The second-order valence-electron chi connectivity index (χ2n) is 12.4. The van der Waals surface area contributed by atoms with Crippen molar-refractivity contribution in [2.24, 2.45) is 5.41 Å². The second-order valence-corrected chi connectivity index (χ2v) is 14.5. The monoisotopic (exact) mass is 668 g/mol. The first-order valence-corrected chi connectivity index (χ1v) is 16.5. The largest absolute Gasteiger partial charge is 0.476 e. The van der Waals surface area contributed by atoms with E-state index >= 15 is 4.39 Å². The quantitative estimate of drug-likeness (QED) is 0.144. The Balaban J connectivity index is 1.51. The Morgan fingerprint density at radius 2 is 1.98 bits per heavy atom. The number of halogens is 1. The molecule has 254 valence electrons. The number of benzene rings is 1. The van der Waals surface area contributed by atoms with Gasteiger partial charge in [0.15, 0.2) is 17.4 Å². The number of fused-ring (bicyclic) bond motifs is 1. The molecule has 0 radical (unpaired) electrons. The van der Waals surface area contributed by atoms with Gasteiger partial charge in [0, 0.05) is 6.54 Å². The van der Waals surface area contributed by atoms with Crippen molar-refractivity contribution in [2.75, 3.05) is 38.3 Å². The van der Waals surface area contributed by atoms with E-state index in [1.54, 1.807) is 32.0 Å². The number of nitrogens with two attached hydrogens (primary N) is 1. The number of esters is 1. The Hall–Kier alpha value is -3.40. The molecule has 1 fully saturated rings. The number of imidazole rings is 1. The summed E-state index contributed by atoms with van der Waals surface area (Å²) in [6.45, 7) is 9.60. The Kier molecular flexibility index (Phi) is 10.6. The lowest BCUT2D eigenvalue weighted by molar-refractivity contribution is -0.202. The Labute approximate surface area is 266 Å². The number of nitrogen functional groups attached to an aromatic ring is 1. The van der Waals surface area contributed by atoms with Crippen LogP contribution >= 0.6 is 7.60 Å². The molecular weight excluding hydrogens is 626 g/mol. The normalized spacial score (nSPS) is 25.2. The van der Waals surface area contributed by atoms with Gasteiger partial charge in [-0.1, -0.05) is 39.0 Å². The van der Waals surface area contributed by atoms with Crippen LogP contribution in [0.2, 0.25) is 0 Å².